The quantitative estimate of drug-likeness (QED) is 0.252. The summed E-state index contributed by atoms with van der Waals surface area (Å²) < 4.78 is 5.48. The minimum absolute atomic E-state index is 0.207. The Kier molecular flexibility index (Phi) is 14.2. The molecule has 0 spiro atoms. The average molecular weight is 550 g/mol. The van der Waals surface area contributed by atoms with Gasteiger partial charge in [0.25, 0.3) is 0 Å². The summed E-state index contributed by atoms with van der Waals surface area (Å²) in [7, 11) is 0. The lowest BCUT2D eigenvalue weighted by molar-refractivity contribution is -0.149. The van der Waals surface area contributed by atoms with Crippen molar-refractivity contribution in [3.63, 3.8) is 0 Å². The molecule has 216 valence electrons. The lowest BCUT2D eigenvalue weighted by Crippen LogP contribution is -2.59. The van der Waals surface area contributed by atoms with Crippen LogP contribution in [0, 0.1) is 0 Å². The molecule has 0 fully saturated rings. The molecule has 0 saturated carbocycles. The van der Waals surface area contributed by atoms with Crippen molar-refractivity contribution < 1.29 is 19.1 Å². The van der Waals surface area contributed by atoms with Crippen molar-refractivity contribution in [3.8, 4) is 0 Å². The zero-order chi connectivity index (χ0) is 28.9. The standard InChI is InChI=1S/C30H51N3O4S/c1-10-13-14-20-31-26(34)25(23-17-15-22(11-2)16-18-23)33(30(7,8)12-3)27(35)24(19-21-38-9)32-28(36)37-29(4,5)6/h15-18,24-25H,10-14,19-21H2,1-9H3,(H,31,34)(H,32,36). The number of nitrogens with zero attached hydrogens (tertiary/aromatic N) is 1. The third-order valence-electron chi connectivity index (χ3n) is 6.64. The first kappa shape index (κ1) is 33.8. The third kappa shape index (κ3) is 10.9. The number of thioether (sulfide) groups is 1. The van der Waals surface area contributed by atoms with E-state index in [-0.39, 0.29) is 11.8 Å². The predicted molar refractivity (Wildman–Crippen MR) is 158 cm³/mol. The maximum absolute atomic E-state index is 14.3. The summed E-state index contributed by atoms with van der Waals surface area (Å²) in [5, 5.41) is 5.89. The van der Waals surface area contributed by atoms with E-state index in [4.69, 9.17) is 4.74 Å². The molecule has 1 rings (SSSR count). The molecule has 2 atom stereocenters. The Bertz CT molecular complexity index is 880. The first-order chi connectivity index (χ1) is 17.8. The molecule has 38 heavy (non-hydrogen) atoms. The van der Waals surface area contributed by atoms with Gasteiger partial charge in [-0.15, -0.1) is 0 Å². The van der Waals surface area contributed by atoms with Crippen molar-refractivity contribution in [1.82, 2.24) is 15.5 Å². The van der Waals surface area contributed by atoms with Gasteiger partial charge in [-0.25, -0.2) is 4.79 Å². The van der Waals surface area contributed by atoms with Crippen molar-refractivity contribution >= 4 is 29.7 Å². The van der Waals surface area contributed by atoms with Gasteiger partial charge in [-0.05, 0) is 83.4 Å². The highest BCUT2D eigenvalue weighted by Crippen LogP contribution is 2.33. The number of benzene rings is 1. The van der Waals surface area contributed by atoms with Gasteiger partial charge in [0.1, 0.15) is 17.7 Å². The maximum atomic E-state index is 14.3. The van der Waals surface area contributed by atoms with Crippen LogP contribution in [0.1, 0.15) is 105 Å². The predicted octanol–water partition coefficient (Wildman–Crippen LogP) is 6.26. The van der Waals surface area contributed by atoms with E-state index >= 15 is 0 Å². The van der Waals surface area contributed by atoms with E-state index in [1.165, 1.54) is 0 Å². The summed E-state index contributed by atoms with van der Waals surface area (Å²) in [5.41, 5.74) is 0.569. The zero-order valence-corrected chi connectivity index (χ0v) is 25.9. The number of aryl methyl sites for hydroxylation is 1. The van der Waals surface area contributed by atoms with Crippen LogP contribution in [0.4, 0.5) is 4.79 Å². The smallest absolute Gasteiger partial charge is 0.408 e. The largest absolute Gasteiger partial charge is 0.444 e. The molecule has 1 aromatic rings. The van der Waals surface area contributed by atoms with Gasteiger partial charge in [0.05, 0.1) is 0 Å². The van der Waals surface area contributed by atoms with E-state index in [0.29, 0.717) is 25.1 Å². The highest BCUT2D eigenvalue weighted by atomic mass is 32.2. The molecule has 7 nitrogen and oxygen atoms in total. The Balaban J connectivity index is 3.55. The molecule has 0 aliphatic carbocycles. The van der Waals surface area contributed by atoms with Gasteiger partial charge >= 0.3 is 6.09 Å². The minimum Gasteiger partial charge on any atom is -0.444 e. The monoisotopic (exact) mass is 549 g/mol. The Morgan fingerprint density at radius 3 is 2.13 bits per heavy atom. The molecule has 0 radical (unpaired) electrons. The van der Waals surface area contributed by atoms with Crippen LogP contribution in [0.5, 0.6) is 0 Å². The Morgan fingerprint density at radius 2 is 1.63 bits per heavy atom. The number of amides is 3. The molecule has 2 N–H and O–H groups in total. The third-order valence-corrected chi connectivity index (χ3v) is 7.29. The van der Waals surface area contributed by atoms with Crippen molar-refractivity contribution in [1.29, 1.82) is 0 Å². The van der Waals surface area contributed by atoms with Gasteiger partial charge in [0, 0.05) is 12.1 Å². The van der Waals surface area contributed by atoms with E-state index in [2.05, 4.69) is 24.5 Å². The van der Waals surface area contributed by atoms with Crippen LogP contribution < -0.4 is 10.6 Å². The SMILES string of the molecule is CCCCCNC(=O)C(c1ccc(CC)cc1)N(C(=O)C(CCSC)NC(=O)OC(C)(C)C)C(C)(C)CC. The first-order valence-electron chi connectivity index (χ1n) is 14.0. The highest BCUT2D eigenvalue weighted by Gasteiger charge is 2.43. The van der Waals surface area contributed by atoms with Gasteiger partial charge in [-0.1, -0.05) is 57.9 Å². The van der Waals surface area contributed by atoms with E-state index < -0.39 is 29.3 Å². The van der Waals surface area contributed by atoms with Gasteiger partial charge in [-0.3, -0.25) is 9.59 Å². The fourth-order valence-electron chi connectivity index (χ4n) is 4.09. The Hall–Kier alpha value is -2.22. The van der Waals surface area contributed by atoms with E-state index in [0.717, 1.165) is 36.8 Å². The topological polar surface area (TPSA) is 87.7 Å². The molecule has 0 aliphatic heterocycles. The molecule has 0 bridgehead atoms. The summed E-state index contributed by atoms with van der Waals surface area (Å²) in [6.07, 6.45) is 6.22. The van der Waals surface area contributed by atoms with Crippen LogP contribution in [-0.2, 0) is 20.7 Å². The Labute approximate surface area is 235 Å². The lowest BCUT2D eigenvalue weighted by atomic mass is 9.91. The molecule has 8 heteroatoms. The minimum atomic E-state index is -0.831. The van der Waals surface area contributed by atoms with E-state index in [1.807, 2.05) is 51.3 Å². The van der Waals surface area contributed by atoms with Crippen molar-refractivity contribution in [2.75, 3.05) is 18.6 Å². The number of alkyl carbamates (subject to hydrolysis) is 1. The second-order valence-corrected chi connectivity index (χ2v) is 12.3. The van der Waals surface area contributed by atoms with Crippen LogP contribution in [0.15, 0.2) is 24.3 Å². The van der Waals surface area contributed by atoms with E-state index in [1.54, 1.807) is 37.4 Å². The van der Waals surface area contributed by atoms with Crippen molar-refractivity contribution in [3.05, 3.63) is 35.4 Å². The van der Waals surface area contributed by atoms with Crippen LogP contribution in [0.2, 0.25) is 0 Å². The van der Waals surface area contributed by atoms with Gasteiger partial charge in [0.15, 0.2) is 0 Å². The second kappa shape index (κ2) is 16.0. The number of carbonyl (C=O) groups is 3. The summed E-state index contributed by atoms with van der Waals surface area (Å²) in [6.45, 7) is 16.1. The summed E-state index contributed by atoms with van der Waals surface area (Å²) >= 11 is 1.60. The number of hydrogen-bond donors (Lipinski definition) is 2. The summed E-state index contributed by atoms with van der Waals surface area (Å²) in [5.74, 6) is 0.178. The van der Waals surface area contributed by atoms with Crippen molar-refractivity contribution in [2.24, 2.45) is 0 Å². The number of unbranched alkanes of at least 4 members (excludes halogenated alkanes) is 2. The maximum Gasteiger partial charge on any atom is 0.408 e. The van der Waals surface area contributed by atoms with Gasteiger partial charge in [-0.2, -0.15) is 11.8 Å². The van der Waals surface area contributed by atoms with Crippen LogP contribution in [0.25, 0.3) is 0 Å². The fourth-order valence-corrected chi connectivity index (χ4v) is 4.56. The Morgan fingerprint density at radius 1 is 1.00 bits per heavy atom. The van der Waals surface area contributed by atoms with Gasteiger partial charge in [0.2, 0.25) is 11.8 Å². The van der Waals surface area contributed by atoms with Crippen LogP contribution in [-0.4, -0.2) is 58.5 Å². The summed E-state index contributed by atoms with van der Waals surface area (Å²) in [4.78, 5) is 42.6. The van der Waals surface area contributed by atoms with E-state index in [9.17, 15) is 14.4 Å². The van der Waals surface area contributed by atoms with Gasteiger partial charge < -0.3 is 20.3 Å². The highest BCUT2D eigenvalue weighted by molar-refractivity contribution is 7.98. The molecule has 3 amide bonds. The molecule has 0 saturated heterocycles. The molecular formula is C30H51N3O4S. The molecule has 0 aliphatic rings. The molecule has 2 unspecified atom stereocenters. The van der Waals surface area contributed by atoms with Crippen LogP contribution in [0.3, 0.4) is 0 Å². The zero-order valence-electron chi connectivity index (χ0n) is 25.1. The van der Waals surface area contributed by atoms with Crippen molar-refractivity contribution in [2.45, 2.75) is 117 Å². The number of carbonyl (C=O) groups excluding carboxylic acids is 3. The number of nitrogens with one attached hydrogen (secondary N) is 2. The van der Waals surface area contributed by atoms with Crippen LogP contribution >= 0.6 is 11.8 Å². The normalized spacial score (nSPS) is 13.4. The average Bonchev–Trinajstić information content (AvgIpc) is 2.86. The molecule has 1 aromatic carbocycles. The number of rotatable bonds is 15. The first-order valence-corrected chi connectivity index (χ1v) is 15.4. The molecule has 0 heterocycles. The molecule has 0 aromatic heterocycles. The lowest BCUT2D eigenvalue weighted by Gasteiger charge is -2.44. The summed E-state index contributed by atoms with van der Waals surface area (Å²) in [6, 6.07) is 6.26. The number of ether oxygens (including phenoxy) is 1. The molecular weight excluding hydrogens is 498 g/mol. The second-order valence-electron chi connectivity index (χ2n) is 11.4. The number of hydrogen-bond acceptors (Lipinski definition) is 5. The fraction of sp³-hybridized carbons (Fsp3) is 0.700.